The molecule has 0 radical (unpaired) electrons. The lowest BCUT2D eigenvalue weighted by atomic mass is 10.2. The van der Waals surface area contributed by atoms with Crippen LogP contribution in [0.25, 0.3) is 5.69 Å². The van der Waals surface area contributed by atoms with E-state index in [1.54, 1.807) is 42.6 Å². The fourth-order valence-electron chi connectivity index (χ4n) is 2.68. The van der Waals surface area contributed by atoms with Gasteiger partial charge >= 0.3 is 0 Å². The number of aromatic nitrogens is 2. The molecule has 1 amide bonds. The van der Waals surface area contributed by atoms with E-state index < -0.39 is 5.91 Å². The van der Waals surface area contributed by atoms with Crippen LogP contribution in [-0.2, 0) is 6.42 Å². The number of amides is 1. The van der Waals surface area contributed by atoms with Gasteiger partial charge in [-0.15, -0.1) is 0 Å². The van der Waals surface area contributed by atoms with Gasteiger partial charge in [-0.25, -0.2) is 0 Å². The average molecular weight is 368 g/mol. The Hall–Kier alpha value is -2.92. The van der Waals surface area contributed by atoms with E-state index in [0.717, 1.165) is 11.4 Å². The van der Waals surface area contributed by atoms with Gasteiger partial charge in [-0.2, -0.15) is 0 Å². The standard InChI is InChI=1S/C20H18ClN3O2/c1-14-8-9-18(19(25)23-12-10-16-6-2-3-11-22-16)20(26)24(14)17-7-4-5-15(21)13-17/h2-9,11,13H,10,12H2,1H3,(H,23,25). The Morgan fingerprint density at radius 1 is 1.15 bits per heavy atom. The first-order valence-electron chi connectivity index (χ1n) is 8.23. The molecule has 2 aromatic heterocycles. The summed E-state index contributed by atoms with van der Waals surface area (Å²) in [5.41, 5.74) is 1.96. The second-order valence-electron chi connectivity index (χ2n) is 5.84. The highest BCUT2D eigenvalue weighted by molar-refractivity contribution is 6.30. The van der Waals surface area contributed by atoms with E-state index in [1.807, 2.05) is 25.1 Å². The summed E-state index contributed by atoms with van der Waals surface area (Å²) in [4.78, 5) is 29.5. The van der Waals surface area contributed by atoms with Crippen LogP contribution < -0.4 is 10.9 Å². The predicted molar refractivity (Wildman–Crippen MR) is 102 cm³/mol. The van der Waals surface area contributed by atoms with Crippen molar-refractivity contribution in [3.63, 3.8) is 0 Å². The zero-order valence-electron chi connectivity index (χ0n) is 14.3. The molecule has 132 valence electrons. The molecule has 3 rings (SSSR count). The van der Waals surface area contributed by atoms with Crippen LogP contribution in [-0.4, -0.2) is 22.0 Å². The van der Waals surface area contributed by atoms with Gasteiger partial charge in [-0.1, -0.05) is 23.7 Å². The molecule has 3 aromatic rings. The molecular formula is C20H18ClN3O2. The Balaban J connectivity index is 1.81. The number of rotatable bonds is 5. The highest BCUT2D eigenvalue weighted by Gasteiger charge is 2.14. The van der Waals surface area contributed by atoms with Crippen LogP contribution >= 0.6 is 11.6 Å². The molecule has 0 spiro atoms. The number of halogens is 1. The summed E-state index contributed by atoms with van der Waals surface area (Å²) in [6.45, 7) is 2.21. The molecule has 2 heterocycles. The number of carbonyl (C=O) groups excluding carboxylic acids is 1. The fraction of sp³-hybridized carbons (Fsp3) is 0.150. The van der Waals surface area contributed by atoms with Crippen molar-refractivity contribution in [2.45, 2.75) is 13.3 Å². The Kier molecular flexibility index (Phi) is 5.49. The van der Waals surface area contributed by atoms with Crippen molar-refractivity contribution in [1.82, 2.24) is 14.9 Å². The number of nitrogens with one attached hydrogen (secondary N) is 1. The summed E-state index contributed by atoms with van der Waals surface area (Å²) in [6.07, 6.45) is 2.31. The molecule has 0 atom stereocenters. The average Bonchev–Trinajstić information content (AvgIpc) is 2.63. The lowest BCUT2D eigenvalue weighted by Crippen LogP contribution is -2.34. The van der Waals surface area contributed by atoms with Gasteiger partial charge in [0.05, 0.1) is 5.69 Å². The minimum atomic E-state index is -0.401. The molecule has 0 unspecified atom stereocenters. The van der Waals surface area contributed by atoms with Gasteiger partial charge in [0.2, 0.25) is 0 Å². The van der Waals surface area contributed by atoms with Crippen molar-refractivity contribution in [2.24, 2.45) is 0 Å². The van der Waals surface area contributed by atoms with Crippen LogP contribution in [0.4, 0.5) is 0 Å². The van der Waals surface area contributed by atoms with Crippen molar-refractivity contribution >= 4 is 17.5 Å². The monoisotopic (exact) mass is 367 g/mol. The molecule has 0 aliphatic heterocycles. The third-order valence-corrected chi connectivity index (χ3v) is 4.22. The highest BCUT2D eigenvalue weighted by Crippen LogP contribution is 2.15. The van der Waals surface area contributed by atoms with E-state index in [0.29, 0.717) is 23.7 Å². The van der Waals surface area contributed by atoms with Crippen LogP contribution in [0.15, 0.2) is 65.6 Å². The summed E-state index contributed by atoms with van der Waals surface area (Å²) in [5.74, 6) is -0.401. The first-order chi connectivity index (χ1) is 12.6. The van der Waals surface area contributed by atoms with Gasteiger partial charge in [0.15, 0.2) is 0 Å². The Morgan fingerprint density at radius 2 is 2.00 bits per heavy atom. The van der Waals surface area contributed by atoms with Gasteiger partial charge in [-0.05, 0) is 49.4 Å². The number of pyridine rings is 2. The van der Waals surface area contributed by atoms with Crippen LogP contribution in [0.5, 0.6) is 0 Å². The number of hydrogen-bond donors (Lipinski definition) is 1. The highest BCUT2D eigenvalue weighted by atomic mass is 35.5. The number of aryl methyl sites for hydroxylation is 1. The van der Waals surface area contributed by atoms with Gasteiger partial charge in [0.25, 0.3) is 11.5 Å². The maximum Gasteiger partial charge on any atom is 0.268 e. The maximum absolute atomic E-state index is 12.8. The minimum absolute atomic E-state index is 0.0941. The molecule has 1 N–H and O–H groups in total. The van der Waals surface area contributed by atoms with Gasteiger partial charge < -0.3 is 5.32 Å². The number of hydrogen-bond acceptors (Lipinski definition) is 3. The van der Waals surface area contributed by atoms with E-state index >= 15 is 0 Å². The van der Waals surface area contributed by atoms with Crippen LogP contribution in [0.1, 0.15) is 21.7 Å². The normalized spacial score (nSPS) is 10.5. The van der Waals surface area contributed by atoms with E-state index in [-0.39, 0.29) is 11.1 Å². The number of carbonyl (C=O) groups is 1. The summed E-state index contributed by atoms with van der Waals surface area (Å²) < 4.78 is 1.49. The lowest BCUT2D eigenvalue weighted by Gasteiger charge is -2.12. The van der Waals surface area contributed by atoms with Gasteiger partial charge in [0, 0.05) is 35.6 Å². The zero-order chi connectivity index (χ0) is 18.5. The predicted octanol–water partition coefficient (Wildman–Crippen LogP) is 3.17. The summed E-state index contributed by atoms with van der Waals surface area (Å²) >= 11 is 6.03. The summed E-state index contributed by atoms with van der Waals surface area (Å²) in [7, 11) is 0. The molecule has 0 fully saturated rings. The first-order valence-corrected chi connectivity index (χ1v) is 8.61. The van der Waals surface area contributed by atoms with Crippen molar-refractivity contribution < 1.29 is 4.79 Å². The molecule has 0 saturated heterocycles. The SMILES string of the molecule is Cc1ccc(C(=O)NCCc2ccccn2)c(=O)n1-c1cccc(Cl)c1. The Morgan fingerprint density at radius 3 is 2.73 bits per heavy atom. The molecule has 26 heavy (non-hydrogen) atoms. The van der Waals surface area contributed by atoms with Gasteiger partial charge in [-0.3, -0.25) is 19.1 Å². The van der Waals surface area contributed by atoms with E-state index in [1.165, 1.54) is 4.57 Å². The molecule has 0 bridgehead atoms. The van der Waals surface area contributed by atoms with E-state index in [2.05, 4.69) is 10.3 Å². The van der Waals surface area contributed by atoms with E-state index in [9.17, 15) is 9.59 Å². The molecule has 6 heteroatoms. The number of benzene rings is 1. The lowest BCUT2D eigenvalue weighted by molar-refractivity contribution is 0.0952. The van der Waals surface area contributed by atoms with Crippen LogP contribution in [0.3, 0.4) is 0 Å². The van der Waals surface area contributed by atoms with E-state index in [4.69, 9.17) is 11.6 Å². The molecule has 5 nitrogen and oxygen atoms in total. The summed E-state index contributed by atoms with van der Waals surface area (Å²) in [6, 6.07) is 15.9. The van der Waals surface area contributed by atoms with Crippen LogP contribution in [0, 0.1) is 6.92 Å². The smallest absolute Gasteiger partial charge is 0.268 e. The minimum Gasteiger partial charge on any atom is -0.351 e. The Labute approximate surface area is 156 Å². The maximum atomic E-state index is 12.8. The zero-order valence-corrected chi connectivity index (χ0v) is 15.0. The third-order valence-electron chi connectivity index (χ3n) is 3.98. The second kappa shape index (κ2) is 7.97. The summed E-state index contributed by atoms with van der Waals surface area (Å²) in [5, 5.41) is 3.31. The van der Waals surface area contributed by atoms with Crippen molar-refractivity contribution in [2.75, 3.05) is 6.54 Å². The molecule has 1 aromatic carbocycles. The molecular weight excluding hydrogens is 350 g/mol. The first kappa shape index (κ1) is 17.9. The third kappa shape index (κ3) is 4.00. The van der Waals surface area contributed by atoms with Gasteiger partial charge in [0.1, 0.15) is 5.56 Å². The number of nitrogens with zero attached hydrogens (tertiary/aromatic N) is 2. The van der Waals surface area contributed by atoms with Crippen LogP contribution in [0.2, 0.25) is 5.02 Å². The molecule has 0 aliphatic carbocycles. The molecule has 0 aliphatic rings. The quantitative estimate of drug-likeness (QED) is 0.753. The van der Waals surface area contributed by atoms with Crippen molar-refractivity contribution in [3.8, 4) is 5.69 Å². The second-order valence-corrected chi connectivity index (χ2v) is 6.27. The largest absolute Gasteiger partial charge is 0.351 e. The molecule has 0 saturated carbocycles. The Bertz CT molecular complexity index is 984. The van der Waals surface area contributed by atoms with Crippen molar-refractivity contribution in [1.29, 1.82) is 0 Å². The topological polar surface area (TPSA) is 64.0 Å². The van der Waals surface area contributed by atoms with Crippen molar-refractivity contribution in [3.05, 3.63) is 93.1 Å². The fourth-order valence-corrected chi connectivity index (χ4v) is 2.87.